The number of hydrogen-bond acceptors (Lipinski definition) is 2. The van der Waals surface area contributed by atoms with Crippen molar-refractivity contribution in [2.24, 2.45) is 0 Å². The Balaban J connectivity index is 2.17. The third-order valence-corrected chi connectivity index (χ3v) is 3.56. The van der Waals surface area contributed by atoms with Crippen LogP contribution in [0, 0.1) is 0 Å². The minimum Gasteiger partial charge on any atom is -0.398 e. The maximum absolute atomic E-state index is 6.20. The monoisotopic (exact) mass is 262 g/mol. The van der Waals surface area contributed by atoms with Crippen LogP contribution in [-0.2, 0) is 0 Å². The molecule has 2 N–H and O–H groups in total. The summed E-state index contributed by atoms with van der Waals surface area (Å²) < 4.78 is 0. The quantitative estimate of drug-likeness (QED) is 0.732. The number of rotatable bonds is 2. The fraction of sp³-hybridized carbons (Fsp3) is 0.167. The number of pyridine rings is 1. The number of hydrogen-bond donors (Lipinski definition) is 1. The number of nitrogens with two attached hydrogens (primary N) is 1. The Labute approximate surface area is 119 Å². The Kier molecular flexibility index (Phi) is 3.15. The van der Waals surface area contributed by atoms with E-state index in [4.69, 9.17) is 10.7 Å². The van der Waals surface area contributed by atoms with E-state index in [0.29, 0.717) is 5.92 Å². The van der Waals surface area contributed by atoms with Gasteiger partial charge in [-0.05, 0) is 35.2 Å². The number of benzene rings is 2. The topological polar surface area (TPSA) is 38.9 Å². The van der Waals surface area contributed by atoms with Gasteiger partial charge in [-0.15, -0.1) is 0 Å². The third kappa shape index (κ3) is 2.25. The van der Waals surface area contributed by atoms with Gasteiger partial charge < -0.3 is 5.73 Å². The Hall–Kier alpha value is -2.35. The molecule has 2 heteroatoms. The molecule has 0 amide bonds. The van der Waals surface area contributed by atoms with E-state index < -0.39 is 0 Å². The summed E-state index contributed by atoms with van der Waals surface area (Å²) in [6.45, 7) is 4.26. The fourth-order valence-electron chi connectivity index (χ4n) is 2.38. The lowest BCUT2D eigenvalue weighted by Gasteiger charge is -2.10. The first-order chi connectivity index (χ1) is 9.65. The summed E-state index contributed by atoms with van der Waals surface area (Å²) in [6, 6.07) is 18.6. The number of fused-ring (bicyclic) bond motifs is 1. The van der Waals surface area contributed by atoms with Crippen LogP contribution in [0.1, 0.15) is 25.5 Å². The van der Waals surface area contributed by atoms with Gasteiger partial charge in [-0.1, -0.05) is 50.2 Å². The molecule has 1 heterocycles. The van der Waals surface area contributed by atoms with Gasteiger partial charge >= 0.3 is 0 Å². The number of anilines is 1. The summed E-state index contributed by atoms with van der Waals surface area (Å²) in [6.07, 6.45) is 0. The van der Waals surface area contributed by atoms with Crippen LogP contribution in [0.5, 0.6) is 0 Å². The molecule has 3 rings (SSSR count). The van der Waals surface area contributed by atoms with Gasteiger partial charge in [0.05, 0.1) is 5.52 Å². The maximum atomic E-state index is 6.20. The average molecular weight is 262 g/mol. The van der Waals surface area contributed by atoms with Gasteiger partial charge in [0, 0.05) is 16.8 Å². The van der Waals surface area contributed by atoms with Crippen molar-refractivity contribution < 1.29 is 0 Å². The number of nitrogens with zero attached hydrogens (tertiary/aromatic N) is 1. The second-order valence-electron chi connectivity index (χ2n) is 5.39. The van der Waals surface area contributed by atoms with Crippen molar-refractivity contribution in [3.8, 4) is 11.1 Å². The molecule has 0 saturated heterocycles. The molecular weight excluding hydrogens is 244 g/mol. The number of nitrogen functional groups attached to an aromatic ring is 1. The van der Waals surface area contributed by atoms with Crippen molar-refractivity contribution in [2.75, 3.05) is 5.73 Å². The molecule has 0 atom stereocenters. The molecule has 0 spiro atoms. The molecule has 2 aromatic carbocycles. The molecule has 3 aromatic rings. The van der Waals surface area contributed by atoms with E-state index >= 15 is 0 Å². The summed E-state index contributed by atoms with van der Waals surface area (Å²) in [4.78, 5) is 4.69. The van der Waals surface area contributed by atoms with Crippen LogP contribution >= 0.6 is 0 Å². The van der Waals surface area contributed by atoms with Gasteiger partial charge in [0.1, 0.15) is 0 Å². The number of aromatic nitrogens is 1. The first-order valence-electron chi connectivity index (χ1n) is 6.91. The van der Waals surface area contributed by atoms with E-state index in [1.165, 1.54) is 11.1 Å². The molecule has 0 fully saturated rings. The second kappa shape index (κ2) is 4.97. The fourth-order valence-corrected chi connectivity index (χ4v) is 2.38. The van der Waals surface area contributed by atoms with Crippen molar-refractivity contribution in [2.45, 2.75) is 19.8 Å². The first kappa shape index (κ1) is 12.7. The molecular formula is C18H18N2. The maximum Gasteiger partial charge on any atom is 0.0726 e. The lowest BCUT2D eigenvalue weighted by atomic mass is 10.0. The lowest BCUT2D eigenvalue weighted by Crippen LogP contribution is -1.97. The molecule has 0 aliphatic carbocycles. The Bertz CT molecular complexity index is 746. The van der Waals surface area contributed by atoms with Gasteiger partial charge in [0.15, 0.2) is 0 Å². The SMILES string of the molecule is CC(C)c1cc(N)c2cc(-c3ccccc3)ccc2n1. The van der Waals surface area contributed by atoms with Crippen LogP contribution in [-0.4, -0.2) is 4.98 Å². The zero-order valence-electron chi connectivity index (χ0n) is 11.8. The molecule has 0 aliphatic rings. The van der Waals surface area contributed by atoms with Gasteiger partial charge in [0.25, 0.3) is 0 Å². The molecule has 0 aliphatic heterocycles. The summed E-state index contributed by atoms with van der Waals surface area (Å²) in [5.41, 5.74) is 11.4. The van der Waals surface area contributed by atoms with Crippen LogP contribution in [0.25, 0.3) is 22.0 Å². The van der Waals surface area contributed by atoms with E-state index in [1.807, 2.05) is 24.3 Å². The van der Waals surface area contributed by atoms with Gasteiger partial charge in [-0.2, -0.15) is 0 Å². The van der Waals surface area contributed by atoms with E-state index in [9.17, 15) is 0 Å². The van der Waals surface area contributed by atoms with E-state index in [-0.39, 0.29) is 0 Å². The summed E-state index contributed by atoms with van der Waals surface area (Å²) >= 11 is 0. The van der Waals surface area contributed by atoms with Gasteiger partial charge in [-0.25, -0.2) is 0 Å². The third-order valence-electron chi connectivity index (χ3n) is 3.56. The summed E-state index contributed by atoms with van der Waals surface area (Å²) in [7, 11) is 0. The van der Waals surface area contributed by atoms with Gasteiger partial charge in [0.2, 0.25) is 0 Å². The van der Waals surface area contributed by atoms with Crippen molar-refractivity contribution in [1.29, 1.82) is 0 Å². The zero-order chi connectivity index (χ0) is 14.1. The van der Waals surface area contributed by atoms with E-state index in [2.05, 4.69) is 44.2 Å². The molecule has 2 nitrogen and oxygen atoms in total. The van der Waals surface area contributed by atoms with Crippen LogP contribution in [0.2, 0.25) is 0 Å². The smallest absolute Gasteiger partial charge is 0.0726 e. The standard InChI is InChI=1S/C18H18N2/c1-12(2)18-11-16(19)15-10-14(8-9-17(15)20-18)13-6-4-3-5-7-13/h3-12H,1-2H3,(H2,19,20). The lowest BCUT2D eigenvalue weighted by molar-refractivity contribution is 0.830. The summed E-state index contributed by atoms with van der Waals surface area (Å²) in [5.74, 6) is 0.385. The van der Waals surface area contributed by atoms with E-state index in [0.717, 1.165) is 22.3 Å². The minimum atomic E-state index is 0.385. The first-order valence-corrected chi connectivity index (χ1v) is 6.91. The Morgan fingerprint density at radius 2 is 1.65 bits per heavy atom. The highest BCUT2D eigenvalue weighted by Crippen LogP contribution is 2.28. The predicted molar refractivity (Wildman–Crippen MR) is 85.7 cm³/mol. The van der Waals surface area contributed by atoms with E-state index in [1.54, 1.807) is 0 Å². The van der Waals surface area contributed by atoms with Crippen LogP contribution in [0.3, 0.4) is 0 Å². The van der Waals surface area contributed by atoms with Crippen molar-refractivity contribution >= 4 is 16.6 Å². The summed E-state index contributed by atoms with van der Waals surface area (Å²) in [5, 5.41) is 1.02. The molecule has 0 unspecified atom stereocenters. The Morgan fingerprint density at radius 1 is 0.900 bits per heavy atom. The Morgan fingerprint density at radius 3 is 2.35 bits per heavy atom. The molecule has 20 heavy (non-hydrogen) atoms. The highest BCUT2D eigenvalue weighted by atomic mass is 14.7. The molecule has 0 bridgehead atoms. The predicted octanol–water partition coefficient (Wildman–Crippen LogP) is 4.61. The second-order valence-corrected chi connectivity index (χ2v) is 5.39. The van der Waals surface area contributed by atoms with Crippen molar-refractivity contribution in [1.82, 2.24) is 4.98 Å². The average Bonchev–Trinajstić information content (AvgIpc) is 2.47. The zero-order valence-corrected chi connectivity index (χ0v) is 11.8. The minimum absolute atomic E-state index is 0.385. The van der Waals surface area contributed by atoms with Crippen LogP contribution in [0.4, 0.5) is 5.69 Å². The van der Waals surface area contributed by atoms with Crippen LogP contribution in [0.15, 0.2) is 54.6 Å². The largest absolute Gasteiger partial charge is 0.398 e. The van der Waals surface area contributed by atoms with Gasteiger partial charge in [-0.3, -0.25) is 4.98 Å². The van der Waals surface area contributed by atoms with Crippen molar-refractivity contribution in [3.05, 3.63) is 60.3 Å². The molecule has 0 radical (unpaired) electrons. The molecule has 0 saturated carbocycles. The highest BCUT2D eigenvalue weighted by Gasteiger charge is 2.08. The highest BCUT2D eigenvalue weighted by molar-refractivity contribution is 5.93. The molecule has 100 valence electrons. The van der Waals surface area contributed by atoms with Crippen LogP contribution < -0.4 is 5.73 Å². The molecule has 1 aromatic heterocycles. The van der Waals surface area contributed by atoms with Crippen molar-refractivity contribution in [3.63, 3.8) is 0 Å². The normalized spacial score (nSPS) is 11.2.